The van der Waals surface area contributed by atoms with E-state index in [4.69, 9.17) is 4.74 Å². The van der Waals surface area contributed by atoms with Gasteiger partial charge in [-0.05, 0) is 32.5 Å². The van der Waals surface area contributed by atoms with Crippen LogP contribution in [-0.2, 0) is 9.53 Å². The van der Waals surface area contributed by atoms with Gasteiger partial charge in [0.2, 0.25) is 0 Å². The van der Waals surface area contributed by atoms with Crippen molar-refractivity contribution in [2.45, 2.75) is 19.9 Å². The Balaban J connectivity index is 2.62. The average Bonchev–Trinajstić information content (AvgIpc) is 2.31. The van der Waals surface area contributed by atoms with Crippen molar-refractivity contribution in [1.82, 2.24) is 5.32 Å². The van der Waals surface area contributed by atoms with Crippen molar-refractivity contribution in [3.63, 3.8) is 0 Å². The van der Waals surface area contributed by atoms with Gasteiger partial charge in [-0.3, -0.25) is 4.79 Å². The Morgan fingerprint density at radius 3 is 2.65 bits per heavy atom. The van der Waals surface area contributed by atoms with Gasteiger partial charge in [0.25, 0.3) is 0 Å². The molecule has 4 nitrogen and oxygen atoms in total. The van der Waals surface area contributed by atoms with Crippen LogP contribution >= 0.6 is 0 Å². The second kappa shape index (κ2) is 6.25. The summed E-state index contributed by atoms with van der Waals surface area (Å²) in [6.07, 6.45) is 0. The number of carbonyl (C=O) groups is 1. The Morgan fingerprint density at radius 2 is 2.12 bits per heavy atom. The molecule has 0 saturated carbocycles. The van der Waals surface area contributed by atoms with Gasteiger partial charge >= 0.3 is 5.97 Å². The fourth-order valence-corrected chi connectivity index (χ4v) is 1.55. The zero-order chi connectivity index (χ0) is 12.8. The van der Waals surface area contributed by atoms with Crippen molar-refractivity contribution in [1.29, 1.82) is 0 Å². The summed E-state index contributed by atoms with van der Waals surface area (Å²) in [6.45, 7) is 4.27. The molecular formula is C13H19NO3. The second-order valence-corrected chi connectivity index (χ2v) is 3.94. The molecule has 1 aromatic carbocycles. The summed E-state index contributed by atoms with van der Waals surface area (Å²) in [5.74, 6) is 0.469. The number of benzene rings is 1. The molecule has 0 amide bonds. The molecule has 1 rings (SSSR count). The Bertz CT molecular complexity index is 390. The van der Waals surface area contributed by atoms with Crippen LogP contribution in [0.4, 0.5) is 0 Å². The molecule has 0 heterocycles. The molecule has 4 heteroatoms. The van der Waals surface area contributed by atoms with Crippen molar-refractivity contribution in [2.75, 3.05) is 20.8 Å². The number of hydrogen-bond acceptors (Lipinski definition) is 4. The molecule has 0 spiro atoms. The summed E-state index contributed by atoms with van der Waals surface area (Å²) in [4.78, 5) is 11.3. The summed E-state index contributed by atoms with van der Waals surface area (Å²) in [7, 11) is 3.07. The number of esters is 1. The van der Waals surface area contributed by atoms with Crippen LogP contribution in [0.3, 0.4) is 0 Å². The topological polar surface area (TPSA) is 47.6 Å². The van der Waals surface area contributed by atoms with Crippen LogP contribution in [0.15, 0.2) is 18.2 Å². The molecular weight excluding hydrogens is 218 g/mol. The minimum Gasteiger partial charge on any atom is -0.491 e. The van der Waals surface area contributed by atoms with Crippen LogP contribution in [-0.4, -0.2) is 32.8 Å². The number of likely N-dealkylation sites (N-methyl/N-ethyl adjacent to an activating group) is 1. The Hall–Kier alpha value is -1.55. The maximum Gasteiger partial charge on any atom is 0.326 e. The van der Waals surface area contributed by atoms with Crippen molar-refractivity contribution in [3.8, 4) is 5.75 Å². The normalized spacial score (nSPS) is 12.0. The Morgan fingerprint density at radius 1 is 1.41 bits per heavy atom. The van der Waals surface area contributed by atoms with E-state index in [9.17, 15) is 4.79 Å². The molecule has 0 aromatic heterocycles. The van der Waals surface area contributed by atoms with Crippen LogP contribution in [0.2, 0.25) is 0 Å². The van der Waals surface area contributed by atoms with Crippen molar-refractivity contribution < 1.29 is 14.3 Å². The van der Waals surface area contributed by atoms with E-state index in [1.165, 1.54) is 12.7 Å². The largest absolute Gasteiger partial charge is 0.491 e. The van der Waals surface area contributed by atoms with Crippen LogP contribution < -0.4 is 10.1 Å². The first kappa shape index (κ1) is 13.5. The van der Waals surface area contributed by atoms with E-state index in [0.717, 1.165) is 11.3 Å². The van der Waals surface area contributed by atoms with Gasteiger partial charge in [-0.2, -0.15) is 0 Å². The number of rotatable bonds is 5. The van der Waals surface area contributed by atoms with E-state index >= 15 is 0 Å². The summed E-state index contributed by atoms with van der Waals surface area (Å²) in [5, 5.41) is 2.85. The minimum atomic E-state index is -0.444. The second-order valence-electron chi connectivity index (χ2n) is 3.94. The summed E-state index contributed by atoms with van der Waals surface area (Å²) >= 11 is 0. The van der Waals surface area contributed by atoms with Gasteiger partial charge < -0.3 is 14.8 Å². The van der Waals surface area contributed by atoms with E-state index < -0.39 is 6.04 Å². The third-order valence-electron chi connectivity index (χ3n) is 2.57. The molecule has 1 aromatic rings. The quantitative estimate of drug-likeness (QED) is 0.787. The number of nitrogens with one attached hydrogen (secondary N) is 1. The van der Waals surface area contributed by atoms with E-state index in [2.05, 4.69) is 10.1 Å². The lowest BCUT2D eigenvalue weighted by Crippen LogP contribution is -2.40. The zero-order valence-corrected chi connectivity index (χ0v) is 10.7. The van der Waals surface area contributed by atoms with Crippen molar-refractivity contribution in [2.24, 2.45) is 0 Å². The van der Waals surface area contributed by atoms with Gasteiger partial charge in [0.1, 0.15) is 18.4 Å². The lowest BCUT2D eigenvalue weighted by atomic mass is 10.1. The van der Waals surface area contributed by atoms with E-state index in [1.807, 2.05) is 32.0 Å². The molecule has 0 aliphatic heterocycles. The molecule has 17 heavy (non-hydrogen) atoms. The molecule has 1 unspecified atom stereocenters. The van der Waals surface area contributed by atoms with Gasteiger partial charge in [-0.25, -0.2) is 0 Å². The number of methoxy groups -OCH3 is 1. The highest BCUT2D eigenvalue weighted by atomic mass is 16.5. The summed E-state index contributed by atoms with van der Waals surface area (Å²) < 4.78 is 10.3. The van der Waals surface area contributed by atoms with E-state index in [-0.39, 0.29) is 12.6 Å². The fraction of sp³-hybridized carbons (Fsp3) is 0.462. The predicted octanol–water partition coefficient (Wildman–Crippen LogP) is 1.44. The minimum absolute atomic E-state index is 0.257. The van der Waals surface area contributed by atoms with Crippen LogP contribution in [0.25, 0.3) is 0 Å². The maximum absolute atomic E-state index is 11.3. The van der Waals surface area contributed by atoms with Crippen LogP contribution in [0.5, 0.6) is 5.75 Å². The highest BCUT2D eigenvalue weighted by molar-refractivity contribution is 5.75. The third kappa shape index (κ3) is 3.75. The lowest BCUT2D eigenvalue weighted by Gasteiger charge is -2.16. The van der Waals surface area contributed by atoms with Crippen LogP contribution in [0, 0.1) is 13.8 Å². The molecule has 1 N–H and O–H groups in total. The third-order valence-corrected chi connectivity index (χ3v) is 2.57. The van der Waals surface area contributed by atoms with Crippen molar-refractivity contribution >= 4 is 5.97 Å². The SMILES string of the molecule is CNC(COc1ccc(C)cc1C)C(=O)OC. The van der Waals surface area contributed by atoms with Gasteiger partial charge in [-0.1, -0.05) is 17.7 Å². The van der Waals surface area contributed by atoms with Gasteiger partial charge in [0, 0.05) is 0 Å². The maximum atomic E-state index is 11.3. The highest BCUT2D eigenvalue weighted by Gasteiger charge is 2.17. The first-order valence-electron chi connectivity index (χ1n) is 5.53. The van der Waals surface area contributed by atoms with E-state index in [1.54, 1.807) is 7.05 Å². The van der Waals surface area contributed by atoms with Crippen molar-refractivity contribution in [3.05, 3.63) is 29.3 Å². The first-order chi connectivity index (χ1) is 8.08. The number of ether oxygens (including phenoxy) is 2. The average molecular weight is 237 g/mol. The van der Waals surface area contributed by atoms with E-state index in [0.29, 0.717) is 0 Å². The highest BCUT2D eigenvalue weighted by Crippen LogP contribution is 2.18. The first-order valence-corrected chi connectivity index (χ1v) is 5.53. The standard InChI is InChI=1S/C13H19NO3/c1-9-5-6-12(10(2)7-9)17-8-11(14-3)13(15)16-4/h5-7,11,14H,8H2,1-4H3. The number of carbonyl (C=O) groups excluding carboxylic acids is 1. The molecule has 0 bridgehead atoms. The monoisotopic (exact) mass is 237 g/mol. The molecule has 94 valence electrons. The molecule has 1 atom stereocenters. The van der Waals surface area contributed by atoms with Gasteiger partial charge in [0.05, 0.1) is 7.11 Å². The number of aryl methyl sites for hydroxylation is 2. The molecule has 0 aliphatic rings. The predicted molar refractivity (Wildman–Crippen MR) is 66.3 cm³/mol. The smallest absolute Gasteiger partial charge is 0.326 e. The summed E-state index contributed by atoms with van der Waals surface area (Å²) in [6, 6.07) is 5.49. The molecule has 0 fully saturated rings. The van der Waals surface area contributed by atoms with Gasteiger partial charge in [-0.15, -0.1) is 0 Å². The number of hydrogen-bond donors (Lipinski definition) is 1. The molecule has 0 radical (unpaired) electrons. The Labute approximate surface area is 102 Å². The molecule has 0 aliphatic carbocycles. The van der Waals surface area contributed by atoms with Gasteiger partial charge in [0.15, 0.2) is 0 Å². The summed E-state index contributed by atoms with van der Waals surface area (Å²) in [5.41, 5.74) is 2.25. The fourth-order valence-electron chi connectivity index (χ4n) is 1.55. The lowest BCUT2D eigenvalue weighted by molar-refractivity contribution is -0.143. The zero-order valence-electron chi connectivity index (χ0n) is 10.7. The van der Waals surface area contributed by atoms with Crippen LogP contribution in [0.1, 0.15) is 11.1 Å². The Kier molecular flexibility index (Phi) is 4.97. The molecule has 0 saturated heterocycles.